The monoisotopic (exact) mass is 275 g/mol. The first kappa shape index (κ1) is 14.1. The van der Waals surface area contributed by atoms with E-state index in [1.54, 1.807) is 0 Å². The number of hydrogen-bond acceptors (Lipinski definition) is 2. The lowest BCUT2D eigenvalue weighted by molar-refractivity contribution is 0.135. The Morgan fingerprint density at radius 3 is 2.37 bits per heavy atom. The molecule has 2 atom stereocenters. The highest BCUT2D eigenvalue weighted by Gasteiger charge is 2.15. The van der Waals surface area contributed by atoms with Crippen LogP contribution in [0.25, 0.3) is 0 Å². The van der Waals surface area contributed by atoms with E-state index in [0.29, 0.717) is 6.54 Å². The molecule has 1 unspecified atom stereocenters. The molecule has 2 nitrogen and oxygen atoms in total. The van der Waals surface area contributed by atoms with Gasteiger partial charge in [0.05, 0.1) is 6.10 Å². The third kappa shape index (κ3) is 3.80. The molecular formula is C16H18ClNO. The summed E-state index contributed by atoms with van der Waals surface area (Å²) in [6, 6.07) is 17.3. The molecule has 0 aromatic heterocycles. The molecule has 0 heterocycles. The number of nitrogens with one attached hydrogen (secondary N) is 1. The van der Waals surface area contributed by atoms with Crippen molar-refractivity contribution in [3.8, 4) is 0 Å². The zero-order valence-electron chi connectivity index (χ0n) is 10.9. The van der Waals surface area contributed by atoms with Crippen LogP contribution in [-0.2, 0) is 6.54 Å². The summed E-state index contributed by atoms with van der Waals surface area (Å²) in [4.78, 5) is 0. The minimum absolute atomic E-state index is 0.0429. The molecule has 0 aliphatic heterocycles. The predicted molar refractivity (Wildman–Crippen MR) is 79.2 cm³/mol. The average Bonchev–Trinajstić information content (AvgIpc) is 2.46. The van der Waals surface area contributed by atoms with Crippen molar-refractivity contribution in [2.24, 2.45) is 0 Å². The number of aliphatic hydroxyl groups is 1. The molecule has 0 aliphatic rings. The van der Waals surface area contributed by atoms with Crippen LogP contribution in [0, 0.1) is 0 Å². The van der Waals surface area contributed by atoms with Gasteiger partial charge in [-0.05, 0) is 24.1 Å². The Bertz CT molecular complexity index is 515. The Morgan fingerprint density at radius 1 is 1.05 bits per heavy atom. The maximum absolute atomic E-state index is 10.2. The Morgan fingerprint density at radius 2 is 1.68 bits per heavy atom. The lowest BCUT2D eigenvalue weighted by Gasteiger charge is -2.21. The van der Waals surface area contributed by atoms with E-state index in [2.05, 4.69) is 5.32 Å². The molecule has 0 aliphatic carbocycles. The summed E-state index contributed by atoms with van der Waals surface area (Å²) in [7, 11) is 0. The molecule has 0 bridgehead atoms. The maximum Gasteiger partial charge on any atom is 0.0940 e. The predicted octanol–water partition coefficient (Wildman–Crippen LogP) is 3.55. The number of halogens is 1. The highest BCUT2D eigenvalue weighted by Crippen LogP contribution is 2.18. The molecule has 0 radical (unpaired) electrons. The van der Waals surface area contributed by atoms with E-state index in [9.17, 15) is 5.11 Å². The highest BCUT2D eigenvalue weighted by atomic mass is 35.5. The third-order valence-electron chi connectivity index (χ3n) is 3.19. The number of hydrogen-bond donors (Lipinski definition) is 2. The highest BCUT2D eigenvalue weighted by molar-refractivity contribution is 6.31. The molecule has 2 rings (SSSR count). The molecule has 19 heavy (non-hydrogen) atoms. The van der Waals surface area contributed by atoms with Gasteiger partial charge in [0.1, 0.15) is 0 Å². The number of rotatable bonds is 5. The van der Waals surface area contributed by atoms with Crippen molar-refractivity contribution < 1.29 is 5.11 Å². The van der Waals surface area contributed by atoms with Gasteiger partial charge in [-0.2, -0.15) is 0 Å². The molecule has 2 N–H and O–H groups in total. The smallest absolute Gasteiger partial charge is 0.0940 e. The first-order chi connectivity index (χ1) is 9.18. The molecule has 0 fully saturated rings. The van der Waals surface area contributed by atoms with Crippen molar-refractivity contribution in [1.82, 2.24) is 5.32 Å². The minimum Gasteiger partial charge on any atom is -0.387 e. The summed E-state index contributed by atoms with van der Waals surface area (Å²) < 4.78 is 0. The second kappa shape index (κ2) is 6.71. The van der Waals surface area contributed by atoms with E-state index < -0.39 is 6.10 Å². The molecule has 0 spiro atoms. The molecule has 0 amide bonds. The van der Waals surface area contributed by atoms with Gasteiger partial charge in [-0.1, -0.05) is 60.1 Å². The summed E-state index contributed by atoms with van der Waals surface area (Å²) in [6.07, 6.45) is -0.524. The van der Waals surface area contributed by atoms with Crippen LogP contribution in [0.3, 0.4) is 0 Å². The van der Waals surface area contributed by atoms with Gasteiger partial charge in [0.15, 0.2) is 0 Å². The fourth-order valence-electron chi connectivity index (χ4n) is 1.96. The minimum atomic E-state index is -0.524. The summed E-state index contributed by atoms with van der Waals surface area (Å²) in [5, 5.41) is 14.3. The van der Waals surface area contributed by atoms with Crippen molar-refractivity contribution in [1.29, 1.82) is 0 Å². The van der Waals surface area contributed by atoms with Gasteiger partial charge < -0.3 is 10.4 Å². The normalized spacial score (nSPS) is 14.1. The van der Waals surface area contributed by atoms with Gasteiger partial charge in [-0.15, -0.1) is 0 Å². The van der Waals surface area contributed by atoms with Gasteiger partial charge in [0, 0.05) is 17.6 Å². The fraction of sp³-hybridized carbons (Fsp3) is 0.250. The van der Waals surface area contributed by atoms with Gasteiger partial charge in [0.2, 0.25) is 0 Å². The van der Waals surface area contributed by atoms with E-state index in [4.69, 9.17) is 11.6 Å². The van der Waals surface area contributed by atoms with E-state index in [-0.39, 0.29) is 6.04 Å². The van der Waals surface area contributed by atoms with Crippen LogP contribution in [0.5, 0.6) is 0 Å². The van der Waals surface area contributed by atoms with Crippen LogP contribution in [0.4, 0.5) is 0 Å². The number of benzene rings is 2. The third-order valence-corrected chi connectivity index (χ3v) is 3.56. The van der Waals surface area contributed by atoms with E-state index >= 15 is 0 Å². The van der Waals surface area contributed by atoms with Crippen molar-refractivity contribution >= 4 is 11.6 Å². The van der Waals surface area contributed by atoms with Crippen molar-refractivity contribution in [2.75, 3.05) is 0 Å². The van der Waals surface area contributed by atoms with Crippen LogP contribution in [0.2, 0.25) is 5.02 Å². The lowest BCUT2D eigenvalue weighted by atomic mass is 10.0. The first-order valence-corrected chi connectivity index (χ1v) is 6.76. The fourth-order valence-corrected chi connectivity index (χ4v) is 2.17. The van der Waals surface area contributed by atoms with Crippen molar-refractivity contribution in [3.63, 3.8) is 0 Å². The molecule has 2 aromatic rings. The molecule has 2 aromatic carbocycles. The summed E-state index contributed by atoms with van der Waals surface area (Å²) in [6.45, 7) is 2.61. The Kier molecular flexibility index (Phi) is 4.97. The second-order valence-electron chi connectivity index (χ2n) is 4.62. The topological polar surface area (TPSA) is 32.3 Å². The van der Waals surface area contributed by atoms with Gasteiger partial charge in [-0.25, -0.2) is 0 Å². The van der Waals surface area contributed by atoms with Crippen LogP contribution in [0.15, 0.2) is 54.6 Å². The van der Waals surface area contributed by atoms with Crippen LogP contribution in [0.1, 0.15) is 24.2 Å². The standard InChI is InChI=1S/C16H18ClNO/c1-12(16(19)13-7-3-2-4-8-13)18-11-14-9-5-6-10-15(14)17/h2-10,12,16,18-19H,11H2,1H3/t12?,16-/m1/s1. The van der Waals surface area contributed by atoms with Crippen LogP contribution >= 0.6 is 11.6 Å². The van der Waals surface area contributed by atoms with Gasteiger partial charge in [0.25, 0.3) is 0 Å². The zero-order valence-corrected chi connectivity index (χ0v) is 11.6. The van der Waals surface area contributed by atoms with E-state index in [1.165, 1.54) is 0 Å². The Hall–Kier alpha value is -1.35. The van der Waals surface area contributed by atoms with E-state index in [0.717, 1.165) is 16.1 Å². The summed E-state index contributed by atoms with van der Waals surface area (Å²) in [5.74, 6) is 0. The molecule has 100 valence electrons. The van der Waals surface area contributed by atoms with Crippen molar-refractivity contribution in [2.45, 2.75) is 25.6 Å². The van der Waals surface area contributed by atoms with Gasteiger partial charge in [-0.3, -0.25) is 0 Å². The quantitative estimate of drug-likeness (QED) is 0.875. The largest absolute Gasteiger partial charge is 0.387 e. The van der Waals surface area contributed by atoms with Crippen molar-refractivity contribution in [3.05, 3.63) is 70.7 Å². The average molecular weight is 276 g/mol. The van der Waals surface area contributed by atoms with Crippen LogP contribution in [-0.4, -0.2) is 11.1 Å². The SMILES string of the molecule is CC(NCc1ccccc1Cl)[C@@H](O)c1ccccc1. The summed E-state index contributed by atoms with van der Waals surface area (Å²) in [5.41, 5.74) is 1.96. The maximum atomic E-state index is 10.2. The molecule has 0 saturated heterocycles. The number of aliphatic hydroxyl groups excluding tert-OH is 1. The zero-order chi connectivity index (χ0) is 13.7. The summed E-state index contributed by atoms with van der Waals surface area (Å²) >= 11 is 6.10. The molecule has 0 saturated carbocycles. The Balaban J connectivity index is 1.95. The molecular weight excluding hydrogens is 258 g/mol. The molecule has 3 heteroatoms. The van der Waals surface area contributed by atoms with Gasteiger partial charge >= 0.3 is 0 Å². The van der Waals surface area contributed by atoms with E-state index in [1.807, 2.05) is 61.5 Å². The second-order valence-corrected chi connectivity index (χ2v) is 5.02. The van der Waals surface area contributed by atoms with Crippen LogP contribution < -0.4 is 5.32 Å². The Labute approximate surface area is 119 Å². The lowest BCUT2D eigenvalue weighted by Crippen LogP contribution is -2.31. The first-order valence-electron chi connectivity index (χ1n) is 6.38.